The largest absolute Gasteiger partial charge is 0.399 e. The van der Waals surface area contributed by atoms with Crippen molar-refractivity contribution in [2.45, 2.75) is 17.6 Å². The molecule has 1 aromatic carbocycles. The Morgan fingerprint density at radius 2 is 2.06 bits per heavy atom. The van der Waals surface area contributed by atoms with Gasteiger partial charge in [0.15, 0.2) is 9.84 Å². The molecule has 0 saturated heterocycles. The highest BCUT2D eigenvalue weighted by Crippen LogP contribution is 2.26. The number of nitrogen functional groups attached to an aromatic ring is 1. The highest BCUT2D eigenvalue weighted by atomic mass is 79.9. The van der Waals surface area contributed by atoms with Crippen LogP contribution in [-0.4, -0.2) is 8.42 Å². The molecule has 0 fully saturated rings. The lowest BCUT2D eigenvalue weighted by Gasteiger charge is -2.07. The van der Waals surface area contributed by atoms with Crippen LogP contribution in [0.5, 0.6) is 0 Å². The fourth-order valence-corrected chi connectivity index (χ4v) is 5.13. The van der Waals surface area contributed by atoms with E-state index in [1.54, 1.807) is 25.1 Å². The monoisotopic (exact) mass is 345 g/mol. The van der Waals surface area contributed by atoms with Crippen molar-refractivity contribution in [1.29, 1.82) is 0 Å². The van der Waals surface area contributed by atoms with Gasteiger partial charge in [0.2, 0.25) is 0 Å². The molecule has 0 bridgehead atoms. The SMILES string of the molecule is Cc1cc(N)ccc1S(=O)(=O)Cc1cc(Br)cs1. The van der Waals surface area contributed by atoms with Crippen molar-refractivity contribution >= 4 is 42.8 Å². The molecular formula is C12H12BrNO2S2. The number of rotatable bonds is 3. The molecule has 6 heteroatoms. The Balaban J connectivity index is 2.36. The third kappa shape index (κ3) is 2.93. The van der Waals surface area contributed by atoms with E-state index in [1.165, 1.54) is 11.3 Å². The van der Waals surface area contributed by atoms with Crippen molar-refractivity contribution in [2.24, 2.45) is 0 Å². The molecule has 0 radical (unpaired) electrons. The standard InChI is InChI=1S/C12H12BrNO2S2/c1-8-4-10(14)2-3-12(8)18(15,16)7-11-5-9(13)6-17-11/h2-6H,7,14H2,1H3. The minimum Gasteiger partial charge on any atom is -0.399 e. The number of benzene rings is 1. The molecule has 1 heterocycles. The smallest absolute Gasteiger partial charge is 0.183 e. The van der Waals surface area contributed by atoms with Crippen molar-refractivity contribution in [2.75, 3.05) is 5.73 Å². The summed E-state index contributed by atoms with van der Waals surface area (Å²) in [4.78, 5) is 1.17. The van der Waals surface area contributed by atoms with Gasteiger partial charge in [-0.1, -0.05) is 0 Å². The van der Waals surface area contributed by atoms with Gasteiger partial charge in [-0.2, -0.15) is 0 Å². The summed E-state index contributed by atoms with van der Waals surface area (Å²) >= 11 is 4.75. The van der Waals surface area contributed by atoms with Crippen molar-refractivity contribution < 1.29 is 8.42 Å². The van der Waals surface area contributed by atoms with Crippen LogP contribution in [0.3, 0.4) is 0 Å². The van der Waals surface area contributed by atoms with Gasteiger partial charge >= 0.3 is 0 Å². The molecular weight excluding hydrogens is 334 g/mol. The van der Waals surface area contributed by atoms with E-state index in [0.717, 1.165) is 9.35 Å². The van der Waals surface area contributed by atoms with E-state index in [4.69, 9.17) is 5.73 Å². The molecule has 0 aliphatic rings. The molecule has 1 aromatic heterocycles. The molecule has 3 nitrogen and oxygen atoms in total. The zero-order valence-electron chi connectivity index (χ0n) is 9.68. The summed E-state index contributed by atoms with van der Waals surface area (Å²) in [5, 5.41) is 1.88. The minimum atomic E-state index is -3.31. The number of hydrogen-bond donors (Lipinski definition) is 1. The van der Waals surface area contributed by atoms with Gasteiger partial charge in [0.25, 0.3) is 0 Å². The summed E-state index contributed by atoms with van der Waals surface area (Å²) in [6, 6.07) is 6.69. The Morgan fingerprint density at radius 3 is 2.61 bits per heavy atom. The first-order valence-electron chi connectivity index (χ1n) is 5.20. The minimum absolute atomic E-state index is 0.0218. The number of halogens is 1. The van der Waals surface area contributed by atoms with Crippen LogP contribution in [0.15, 0.2) is 39.0 Å². The Kier molecular flexibility index (Phi) is 3.79. The van der Waals surface area contributed by atoms with Gasteiger partial charge in [-0.15, -0.1) is 11.3 Å². The van der Waals surface area contributed by atoms with Crippen molar-refractivity contribution in [3.05, 3.63) is 44.6 Å². The molecule has 96 valence electrons. The first-order chi connectivity index (χ1) is 8.38. The summed E-state index contributed by atoms with van der Waals surface area (Å²) in [6.07, 6.45) is 0. The maximum Gasteiger partial charge on any atom is 0.183 e. The highest BCUT2D eigenvalue weighted by molar-refractivity contribution is 9.10. The van der Waals surface area contributed by atoms with E-state index in [2.05, 4.69) is 15.9 Å². The van der Waals surface area contributed by atoms with Gasteiger partial charge in [0, 0.05) is 20.4 Å². The van der Waals surface area contributed by atoms with Crippen molar-refractivity contribution in [3.8, 4) is 0 Å². The number of thiophene rings is 1. The average Bonchev–Trinajstić information content (AvgIpc) is 2.62. The molecule has 0 spiro atoms. The number of nitrogens with two attached hydrogens (primary N) is 1. The van der Waals surface area contributed by atoms with Crippen molar-refractivity contribution in [1.82, 2.24) is 0 Å². The Hall–Kier alpha value is -0.850. The van der Waals surface area contributed by atoms with Crippen LogP contribution in [0.25, 0.3) is 0 Å². The van der Waals surface area contributed by atoms with Crippen LogP contribution in [0.2, 0.25) is 0 Å². The maximum absolute atomic E-state index is 12.3. The lowest BCUT2D eigenvalue weighted by molar-refractivity contribution is 0.595. The van der Waals surface area contributed by atoms with Crippen LogP contribution in [0.1, 0.15) is 10.4 Å². The van der Waals surface area contributed by atoms with Crippen LogP contribution in [0.4, 0.5) is 5.69 Å². The fraction of sp³-hybridized carbons (Fsp3) is 0.167. The van der Waals surface area contributed by atoms with E-state index >= 15 is 0 Å². The lowest BCUT2D eigenvalue weighted by Crippen LogP contribution is -2.06. The summed E-state index contributed by atoms with van der Waals surface area (Å²) in [5.74, 6) is 0.0218. The first-order valence-corrected chi connectivity index (χ1v) is 8.53. The van der Waals surface area contributed by atoms with Gasteiger partial charge in [-0.3, -0.25) is 0 Å². The van der Waals surface area contributed by atoms with E-state index in [1.807, 2.05) is 11.4 Å². The Morgan fingerprint density at radius 1 is 1.33 bits per heavy atom. The first kappa shape index (κ1) is 13.6. The topological polar surface area (TPSA) is 60.2 Å². The van der Waals surface area contributed by atoms with Crippen LogP contribution in [0, 0.1) is 6.92 Å². The molecule has 0 aliphatic carbocycles. The molecule has 2 rings (SSSR count). The van der Waals surface area contributed by atoms with Gasteiger partial charge in [-0.05, 0) is 52.7 Å². The van der Waals surface area contributed by atoms with E-state index in [0.29, 0.717) is 16.1 Å². The summed E-state index contributed by atoms with van der Waals surface area (Å²) in [7, 11) is -3.31. The molecule has 2 aromatic rings. The van der Waals surface area contributed by atoms with Crippen LogP contribution in [-0.2, 0) is 15.6 Å². The Labute approximate surface area is 119 Å². The number of anilines is 1. The molecule has 2 N–H and O–H groups in total. The zero-order chi connectivity index (χ0) is 13.3. The second-order valence-corrected chi connectivity index (χ2v) is 7.88. The third-order valence-corrected chi connectivity index (χ3v) is 6.19. The number of hydrogen-bond acceptors (Lipinski definition) is 4. The highest BCUT2D eigenvalue weighted by Gasteiger charge is 2.18. The van der Waals surface area contributed by atoms with Gasteiger partial charge in [-0.25, -0.2) is 8.42 Å². The Bertz CT molecular complexity index is 677. The molecule has 0 atom stereocenters. The van der Waals surface area contributed by atoms with Crippen LogP contribution >= 0.6 is 27.3 Å². The molecule has 0 aliphatic heterocycles. The lowest BCUT2D eigenvalue weighted by atomic mass is 10.2. The quantitative estimate of drug-likeness (QED) is 0.867. The predicted molar refractivity (Wildman–Crippen MR) is 78.5 cm³/mol. The van der Waals surface area contributed by atoms with E-state index in [-0.39, 0.29) is 5.75 Å². The second kappa shape index (κ2) is 5.03. The summed E-state index contributed by atoms with van der Waals surface area (Å²) in [6.45, 7) is 1.76. The van der Waals surface area contributed by atoms with E-state index in [9.17, 15) is 8.42 Å². The molecule has 0 unspecified atom stereocenters. The summed E-state index contributed by atoms with van der Waals surface area (Å²) < 4.78 is 25.5. The van der Waals surface area contributed by atoms with Crippen LogP contribution < -0.4 is 5.73 Å². The average molecular weight is 346 g/mol. The third-order valence-electron chi connectivity index (χ3n) is 2.49. The van der Waals surface area contributed by atoms with Gasteiger partial charge in [0.1, 0.15) is 0 Å². The summed E-state index contributed by atoms with van der Waals surface area (Å²) in [5.41, 5.74) is 6.89. The fourth-order valence-electron chi connectivity index (χ4n) is 1.72. The van der Waals surface area contributed by atoms with Crippen molar-refractivity contribution in [3.63, 3.8) is 0 Å². The molecule has 18 heavy (non-hydrogen) atoms. The maximum atomic E-state index is 12.3. The predicted octanol–water partition coefficient (Wildman–Crippen LogP) is 3.38. The second-order valence-electron chi connectivity index (χ2n) is 4.02. The molecule has 0 amide bonds. The molecule has 0 saturated carbocycles. The van der Waals surface area contributed by atoms with Gasteiger partial charge in [0.05, 0.1) is 10.6 Å². The number of sulfone groups is 1. The van der Waals surface area contributed by atoms with Gasteiger partial charge < -0.3 is 5.73 Å². The number of aryl methyl sites for hydroxylation is 1. The normalized spacial score (nSPS) is 11.7. The van der Waals surface area contributed by atoms with E-state index < -0.39 is 9.84 Å². The zero-order valence-corrected chi connectivity index (χ0v) is 12.9.